The first-order valence-electron chi connectivity index (χ1n) is 8.95. The maximum absolute atomic E-state index is 12.9. The fraction of sp³-hybridized carbons (Fsp3) is 0.429. The molecular weight excluding hydrogens is 337 g/mol. The molecule has 0 aromatic heterocycles. The van der Waals surface area contributed by atoms with E-state index in [2.05, 4.69) is 24.4 Å². The highest BCUT2D eigenvalue weighted by atomic mass is 35.5. The maximum atomic E-state index is 12.9. The minimum atomic E-state index is -0.221. The van der Waals surface area contributed by atoms with Crippen molar-refractivity contribution < 1.29 is 9.13 Å². The van der Waals surface area contributed by atoms with Crippen LogP contribution in [0.15, 0.2) is 48.5 Å². The van der Waals surface area contributed by atoms with Crippen LogP contribution in [-0.4, -0.2) is 6.54 Å². The zero-order valence-corrected chi connectivity index (χ0v) is 15.8. The summed E-state index contributed by atoms with van der Waals surface area (Å²) in [6.07, 6.45) is 6.51. The van der Waals surface area contributed by atoms with Crippen LogP contribution in [-0.2, 0) is 13.2 Å². The predicted octanol–water partition coefficient (Wildman–Crippen LogP) is 5.89. The second-order valence-electron chi connectivity index (χ2n) is 6.15. The molecule has 0 saturated carbocycles. The number of ether oxygens (including phenoxy) is 1. The number of hydrogen-bond donors (Lipinski definition) is 1. The van der Waals surface area contributed by atoms with E-state index in [4.69, 9.17) is 4.74 Å². The molecule has 2 nitrogen and oxygen atoms in total. The van der Waals surface area contributed by atoms with E-state index < -0.39 is 0 Å². The number of nitrogens with one attached hydrogen (secondary N) is 1. The Kier molecular flexibility index (Phi) is 10.9. The van der Waals surface area contributed by atoms with Gasteiger partial charge in [0.25, 0.3) is 0 Å². The minimum Gasteiger partial charge on any atom is -0.489 e. The van der Waals surface area contributed by atoms with Gasteiger partial charge < -0.3 is 10.1 Å². The lowest BCUT2D eigenvalue weighted by molar-refractivity contribution is 0.305. The van der Waals surface area contributed by atoms with Crippen LogP contribution in [0, 0.1) is 5.82 Å². The number of halogens is 2. The number of rotatable bonds is 11. The van der Waals surface area contributed by atoms with Crippen LogP contribution < -0.4 is 10.1 Å². The number of unbranched alkanes of at least 4 members (excludes halogenated alkanes) is 4. The molecule has 1 N–H and O–H groups in total. The van der Waals surface area contributed by atoms with E-state index in [0.29, 0.717) is 6.61 Å². The van der Waals surface area contributed by atoms with Gasteiger partial charge in [-0.1, -0.05) is 56.9 Å². The summed E-state index contributed by atoms with van der Waals surface area (Å²) in [4.78, 5) is 0. The highest BCUT2D eigenvalue weighted by Crippen LogP contribution is 2.15. The smallest absolute Gasteiger partial charge is 0.123 e. The fourth-order valence-corrected chi connectivity index (χ4v) is 2.58. The Morgan fingerprint density at radius 2 is 1.68 bits per heavy atom. The molecule has 0 radical (unpaired) electrons. The minimum absolute atomic E-state index is 0. The maximum Gasteiger partial charge on any atom is 0.123 e. The monoisotopic (exact) mass is 365 g/mol. The molecule has 0 unspecified atom stereocenters. The number of hydrogen-bond acceptors (Lipinski definition) is 2. The summed E-state index contributed by atoms with van der Waals surface area (Å²) < 4.78 is 18.7. The van der Waals surface area contributed by atoms with E-state index >= 15 is 0 Å². The molecule has 0 aliphatic carbocycles. The molecule has 2 rings (SSSR count). The Morgan fingerprint density at radius 3 is 2.44 bits per heavy atom. The second kappa shape index (κ2) is 12.7. The third kappa shape index (κ3) is 8.89. The quantitative estimate of drug-likeness (QED) is 0.501. The van der Waals surface area contributed by atoms with Gasteiger partial charge >= 0.3 is 0 Å². The molecule has 0 aliphatic rings. The summed E-state index contributed by atoms with van der Waals surface area (Å²) in [6, 6.07) is 14.6. The molecule has 0 heterocycles. The third-order valence-corrected chi connectivity index (χ3v) is 4.00. The largest absolute Gasteiger partial charge is 0.489 e. The van der Waals surface area contributed by atoms with Crippen molar-refractivity contribution in [1.82, 2.24) is 5.32 Å². The van der Waals surface area contributed by atoms with Crippen LogP contribution in [0.25, 0.3) is 0 Å². The Morgan fingerprint density at radius 1 is 0.920 bits per heavy atom. The lowest BCUT2D eigenvalue weighted by Gasteiger charge is -2.09. The summed E-state index contributed by atoms with van der Waals surface area (Å²) in [5, 5.41) is 3.49. The average molecular weight is 366 g/mol. The Labute approximate surface area is 157 Å². The summed E-state index contributed by atoms with van der Waals surface area (Å²) in [5.74, 6) is 0.628. The van der Waals surface area contributed by atoms with E-state index in [9.17, 15) is 4.39 Å². The van der Waals surface area contributed by atoms with Gasteiger partial charge in [-0.15, -0.1) is 12.4 Å². The van der Waals surface area contributed by atoms with Gasteiger partial charge in [-0.25, -0.2) is 4.39 Å². The van der Waals surface area contributed by atoms with Crippen molar-refractivity contribution >= 4 is 12.4 Å². The zero-order valence-electron chi connectivity index (χ0n) is 15.0. The van der Waals surface area contributed by atoms with Crippen LogP contribution >= 0.6 is 12.4 Å². The van der Waals surface area contributed by atoms with Gasteiger partial charge in [0.1, 0.15) is 18.2 Å². The molecule has 0 amide bonds. The van der Waals surface area contributed by atoms with Crippen molar-refractivity contribution in [2.24, 2.45) is 0 Å². The van der Waals surface area contributed by atoms with Gasteiger partial charge in [0.2, 0.25) is 0 Å². The van der Waals surface area contributed by atoms with Gasteiger partial charge in [-0.2, -0.15) is 0 Å². The molecule has 138 valence electrons. The predicted molar refractivity (Wildman–Crippen MR) is 105 cm³/mol. The van der Waals surface area contributed by atoms with Gasteiger partial charge in [0.15, 0.2) is 0 Å². The van der Waals surface area contributed by atoms with Crippen LogP contribution in [0.3, 0.4) is 0 Å². The second-order valence-corrected chi connectivity index (χ2v) is 6.15. The highest BCUT2D eigenvalue weighted by Gasteiger charge is 1.99. The molecule has 0 fully saturated rings. The first kappa shape index (κ1) is 21.5. The fourth-order valence-electron chi connectivity index (χ4n) is 2.58. The van der Waals surface area contributed by atoms with Crippen LogP contribution in [0.2, 0.25) is 0 Å². The lowest BCUT2D eigenvalue weighted by Crippen LogP contribution is -2.14. The lowest BCUT2D eigenvalue weighted by atomic mass is 10.1. The molecule has 2 aromatic rings. The van der Waals surface area contributed by atoms with Crippen molar-refractivity contribution in [3.05, 3.63) is 65.5 Å². The van der Waals surface area contributed by atoms with Crippen molar-refractivity contribution in [2.45, 2.75) is 52.2 Å². The van der Waals surface area contributed by atoms with Crippen molar-refractivity contribution in [1.29, 1.82) is 0 Å². The van der Waals surface area contributed by atoms with Crippen LogP contribution in [0.1, 0.15) is 50.2 Å². The first-order chi connectivity index (χ1) is 11.8. The summed E-state index contributed by atoms with van der Waals surface area (Å²) in [5.41, 5.74) is 2.19. The average Bonchev–Trinajstić information content (AvgIpc) is 2.61. The molecule has 2 aromatic carbocycles. The number of benzene rings is 2. The van der Waals surface area contributed by atoms with Crippen molar-refractivity contribution in [3.8, 4) is 5.75 Å². The Balaban J connectivity index is 0.00000312. The highest BCUT2D eigenvalue weighted by molar-refractivity contribution is 5.85. The molecule has 0 bridgehead atoms. The Hall–Kier alpha value is -1.58. The van der Waals surface area contributed by atoms with Gasteiger partial charge in [-0.3, -0.25) is 0 Å². The summed E-state index contributed by atoms with van der Waals surface area (Å²) in [6.45, 7) is 4.61. The summed E-state index contributed by atoms with van der Waals surface area (Å²) in [7, 11) is 0. The molecule has 0 saturated heterocycles. The van der Waals surface area contributed by atoms with E-state index in [1.807, 2.05) is 12.1 Å². The van der Waals surface area contributed by atoms with Crippen LogP contribution in [0.4, 0.5) is 4.39 Å². The third-order valence-electron chi connectivity index (χ3n) is 4.00. The molecule has 0 aliphatic heterocycles. The van der Waals surface area contributed by atoms with Crippen LogP contribution in [0.5, 0.6) is 5.75 Å². The zero-order chi connectivity index (χ0) is 17.0. The molecule has 0 spiro atoms. The normalized spacial score (nSPS) is 10.3. The van der Waals surface area contributed by atoms with Gasteiger partial charge in [-0.05, 0) is 48.4 Å². The van der Waals surface area contributed by atoms with E-state index in [1.165, 1.54) is 49.8 Å². The van der Waals surface area contributed by atoms with Gasteiger partial charge in [0, 0.05) is 6.54 Å². The summed E-state index contributed by atoms with van der Waals surface area (Å²) >= 11 is 0. The van der Waals surface area contributed by atoms with E-state index in [0.717, 1.165) is 24.4 Å². The molecule has 0 atom stereocenters. The van der Waals surface area contributed by atoms with Crippen molar-refractivity contribution in [3.63, 3.8) is 0 Å². The molecular formula is C21H29ClFNO. The topological polar surface area (TPSA) is 21.3 Å². The Bertz CT molecular complexity index is 589. The first-order valence-corrected chi connectivity index (χ1v) is 8.95. The SMILES string of the molecule is CCCCCCCNCc1cccc(OCc2ccc(F)cc2)c1.Cl. The molecule has 25 heavy (non-hydrogen) atoms. The standard InChI is InChI=1S/C21H28FNO.ClH/c1-2-3-4-5-6-14-23-16-19-8-7-9-21(15-19)24-17-18-10-12-20(22)13-11-18;/h7-13,15,23H,2-6,14,16-17H2,1H3;1H. The van der Waals surface area contributed by atoms with Gasteiger partial charge in [0.05, 0.1) is 0 Å². The molecule has 4 heteroatoms. The van der Waals surface area contributed by atoms with E-state index in [1.54, 1.807) is 12.1 Å². The van der Waals surface area contributed by atoms with Crippen molar-refractivity contribution in [2.75, 3.05) is 6.54 Å². The van der Waals surface area contributed by atoms with E-state index in [-0.39, 0.29) is 18.2 Å².